The number of β-lactam (4-membered cyclic amide) rings is 1. The summed E-state index contributed by atoms with van der Waals surface area (Å²) in [6, 6.07) is 10.4. The fraction of sp³-hybridized carbons (Fsp3) is 0.211. The average molecular weight is 540 g/mol. The standard InChI is InChI=1S/C19H17Cl2N3O6S2.Na/c20-11-7-4-8-12(21)14(11)16(31)18(26)23-15(10-5-2-1-3-6-10)17(25)22-13-9-24(19(13)27)32(28,29)30;/h1-8,13,15-16,31H,9H2,(H,22,25)(H,23,26)(H,28,29,30);/q;+1/p-1/t13?,15-,16?;/m1./s1. The summed E-state index contributed by atoms with van der Waals surface area (Å²) in [4.78, 5) is 37.6. The second-order valence-corrected chi connectivity index (χ2v) is 9.41. The maximum atomic E-state index is 12.9. The summed E-state index contributed by atoms with van der Waals surface area (Å²) in [5.41, 5.74) is 0.651. The number of hydrogen-bond acceptors (Lipinski definition) is 7. The van der Waals surface area contributed by atoms with E-state index in [1.165, 1.54) is 0 Å². The van der Waals surface area contributed by atoms with Gasteiger partial charge in [-0.1, -0.05) is 59.6 Å². The van der Waals surface area contributed by atoms with Gasteiger partial charge in [-0.25, -0.2) is 12.7 Å². The monoisotopic (exact) mass is 539 g/mol. The number of carbonyl (C=O) groups is 3. The Bertz CT molecular complexity index is 1150. The molecule has 2 N–H and O–H groups in total. The summed E-state index contributed by atoms with van der Waals surface area (Å²) in [5.74, 6) is -2.52. The topological polar surface area (TPSA) is 136 Å². The number of nitrogens with one attached hydrogen (secondary N) is 2. The van der Waals surface area contributed by atoms with Gasteiger partial charge in [0.15, 0.2) is 10.3 Å². The summed E-state index contributed by atoms with van der Waals surface area (Å²) in [6.07, 6.45) is 0. The predicted molar refractivity (Wildman–Crippen MR) is 119 cm³/mol. The molecule has 2 aromatic rings. The molecule has 9 nitrogen and oxygen atoms in total. The molecule has 1 saturated heterocycles. The van der Waals surface area contributed by atoms with Crippen molar-refractivity contribution in [2.75, 3.05) is 6.54 Å². The molecule has 170 valence electrons. The van der Waals surface area contributed by atoms with Crippen LogP contribution < -0.4 is 40.2 Å². The number of nitrogens with zero attached hydrogens (tertiary/aromatic N) is 1. The van der Waals surface area contributed by atoms with Gasteiger partial charge >= 0.3 is 29.6 Å². The van der Waals surface area contributed by atoms with E-state index in [0.717, 1.165) is 0 Å². The van der Waals surface area contributed by atoms with Gasteiger partial charge in [-0.15, -0.1) is 0 Å². The van der Waals surface area contributed by atoms with Gasteiger partial charge in [0.25, 0.3) is 5.91 Å². The molecule has 0 spiro atoms. The number of hydrogen-bond donors (Lipinski definition) is 3. The minimum atomic E-state index is -4.95. The van der Waals surface area contributed by atoms with Gasteiger partial charge in [-0.05, 0) is 17.7 Å². The molecule has 0 radical (unpaired) electrons. The zero-order valence-corrected chi connectivity index (χ0v) is 22.3. The molecule has 3 amide bonds. The number of halogens is 2. The molecule has 0 aliphatic carbocycles. The fourth-order valence-electron chi connectivity index (χ4n) is 3.03. The Balaban J connectivity index is 0.00000385. The summed E-state index contributed by atoms with van der Waals surface area (Å²) in [5, 5.41) is 4.22. The van der Waals surface area contributed by atoms with Crippen LogP contribution in [0, 0.1) is 0 Å². The third-order valence-electron chi connectivity index (χ3n) is 4.68. The van der Waals surface area contributed by atoms with Gasteiger partial charge < -0.3 is 15.2 Å². The minimum absolute atomic E-state index is 0. The molecule has 0 aromatic heterocycles. The third kappa shape index (κ3) is 6.43. The first kappa shape index (κ1) is 27.9. The summed E-state index contributed by atoms with van der Waals surface area (Å²) in [7, 11) is -4.95. The van der Waals surface area contributed by atoms with Crippen LogP contribution in [0.1, 0.15) is 22.4 Å². The summed E-state index contributed by atoms with van der Waals surface area (Å²) >= 11 is 16.6. The molecule has 3 rings (SSSR count). The Morgan fingerprint density at radius 3 is 2.15 bits per heavy atom. The molecule has 14 heteroatoms. The van der Waals surface area contributed by atoms with Crippen LogP contribution in [0.25, 0.3) is 0 Å². The Morgan fingerprint density at radius 1 is 1.06 bits per heavy atom. The Morgan fingerprint density at radius 2 is 1.64 bits per heavy atom. The van der Waals surface area contributed by atoms with Crippen molar-refractivity contribution in [2.45, 2.75) is 17.3 Å². The number of benzene rings is 2. The number of carbonyl (C=O) groups excluding carboxylic acids is 3. The van der Waals surface area contributed by atoms with E-state index in [1.54, 1.807) is 48.5 Å². The van der Waals surface area contributed by atoms with Crippen LogP contribution in [0.3, 0.4) is 0 Å². The number of rotatable bonds is 7. The van der Waals surface area contributed by atoms with Crippen molar-refractivity contribution in [2.24, 2.45) is 0 Å². The molecule has 33 heavy (non-hydrogen) atoms. The second kappa shape index (κ2) is 11.4. The normalized spacial score (nSPS) is 17.3. The van der Waals surface area contributed by atoms with Gasteiger partial charge in [0, 0.05) is 15.6 Å². The van der Waals surface area contributed by atoms with Gasteiger partial charge in [0.2, 0.25) is 11.8 Å². The Kier molecular flexibility index (Phi) is 9.66. The van der Waals surface area contributed by atoms with E-state index in [4.69, 9.17) is 23.2 Å². The van der Waals surface area contributed by atoms with Crippen molar-refractivity contribution in [3.63, 3.8) is 0 Å². The van der Waals surface area contributed by atoms with E-state index in [0.29, 0.717) is 5.56 Å². The van der Waals surface area contributed by atoms with Gasteiger partial charge in [-0.3, -0.25) is 14.4 Å². The van der Waals surface area contributed by atoms with Crippen LogP contribution in [0.4, 0.5) is 0 Å². The van der Waals surface area contributed by atoms with Crippen LogP contribution >= 0.6 is 35.8 Å². The zero-order valence-electron chi connectivity index (χ0n) is 17.1. The SMILES string of the molecule is O=C(N[C@@H](C(=O)NC1CN(S(=O)(=O)[O-])C1=O)c1ccccc1)C(S)c1c(Cl)cccc1Cl.[Na+]. The Hall–Kier alpha value is -1.31. The van der Waals surface area contributed by atoms with E-state index in [9.17, 15) is 27.4 Å². The first-order valence-electron chi connectivity index (χ1n) is 9.05. The Labute approximate surface area is 227 Å². The van der Waals surface area contributed by atoms with Crippen molar-refractivity contribution in [3.05, 3.63) is 69.7 Å². The van der Waals surface area contributed by atoms with Crippen molar-refractivity contribution >= 4 is 63.9 Å². The van der Waals surface area contributed by atoms with Gasteiger partial charge in [0.1, 0.15) is 17.3 Å². The predicted octanol–water partition coefficient (Wildman–Crippen LogP) is -1.39. The molecule has 1 fully saturated rings. The van der Waals surface area contributed by atoms with E-state index in [1.807, 2.05) is 0 Å². The molecule has 1 aliphatic heterocycles. The third-order valence-corrected chi connectivity index (χ3v) is 6.70. The summed E-state index contributed by atoms with van der Waals surface area (Å²) < 4.78 is 33.0. The van der Waals surface area contributed by atoms with E-state index < -0.39 is 51.9 Å². The van der Waals surface area contributed by atoms with Crippen LogP contribution in [-0.2, 0) is 24.7 Å². The molecule has 2 unspecified atom stereocenters. The van der Waals surface area contributed by atoms with Crippen LogP contribution in [0.2, 0.25) is 10.0 Å². The summed E-state index contributed by atoms with van der Waals surface area (Å²) in [6.45, 7) is -0.490. The molecular weight excluding hydrogens is 524 g/mol. The number of thiol groups is 1. The van der Waals surface area contributed by atoms with Gasteiger partial charge in [0.05, 0.1) is 6.54 Å². The first-order valence-corrected chi connectivity index (χ1v) is 11.7. The van der Waals surface area contributed by atoms with E-state index in [-0.39, 0.29) is 49.5 Å². The second-order valence-electron chi connectivity index (χ2n) is 6.78. The van der Waals surface area contributed by atoms with Crippen molar-refractivity contribution in [1.82, 2.24) is 14.9 Å². The maximum absolute atomic E-state index is 12.9. The zero-order chi connectivity index (χ0) is 23.6. The van der Waals surface area contributed by atoms with Crippen LogP contribution in [-0.4, -0.2) is 47.6 Å². The van der Waals surface area contributed by atoms with Crippen LogP contribution in [0.15, 0.2) is 48.5 Å². The smallest absolute Gasteiger partial charge is 0.731 e. The maximum Gasteiger partial charge on any atom is 1.00 e. The molecule has 3 atom stereocenters. The van der Waals surface area contributed by atoms with Gasteiger partial charge in [-0.2, -0.15) is 12.6 Å². The molecule has 0 bridgehead atoms. The largest absolute Gasteiger partial charge is 1.00 e. The average Bonchev–Trinajstić information content (AvgIpc) is 2.73. The fourth-order valence-corrected chi connectivity index (χ4v) is 4.83. The quantitative estimate of drug-likeness (QED) is 0.171. The first-order chi connectivity index (χ1) is 15.0. The molecule has 2 aromatic carbocycles. The minimum Gasteiger partial charge on any atom is -0.731 e. The molecule has 0 saturated carbocycles. The molecule has 1 heterocycles. The van der Waals surface area contributed by atoms with E-state index >= 15 is 0 Å². The van der Waals surface area contributed by atoms with E-state index in [2.05, 4.69) is 23.3 Å². The van der Waals surface area contributed by atoms with Crippen molar-refractivity contribution in [3.8, 4) is 0 Å². The molecule has 1 aliphatic rings. The van der Waals surface area contributed by atoms with Crippen molar-refractivity contribution in [1.29, 1.82) is 0 Å². The van der Waals surface area contributed by atoms with Crippen LogP contribution in [0.5, 0.6) is 0 Å². The van der Waals surface area contributed by atoms with Crippen molar-refractivity contribution < 1.29 is 56.9 Å². The number of amides is 3. The molecular formula is C19H16Cl2N3NaO6S2.